The molecule has 1 aliphatic heterocycles. The first-order valence-corrected chi connectivity index (χ1v) is 5.95. The molecule has 1 aliphatic rings. The van der Waals surface area contributed by atoms with Crippen molar-refractivity contribution in [1.82, 2.24) is 10.6 Å². The van der Waals surface area contributed by atoms with Gasteiger partial charge in [-0.3, -0.25) is 0 Å². The van der Waals surface area contributed by atoms with Crippen LogP contribution in [0.2, 0.25) is 0 Å². The van der Waals surface area contributed by atoms with E-state index < -0.39 is 43.3 Å². The predicted molar refractivity (Wildman–Crippen MR) is 61.0 cm³/mol. The van der Waals surface area contributed by atoms with Crippen molar-refractivity contribution in [3.8, 4) is 0 Å². The summed E-state index contributed by atoms with van der Waals surface area (Å²) in [5.41, 5.74) is 0. The number of urea groups is 1. The van der Waals surface area contributed by atoms with Crippen molar-refractivity contribution in [1.29, 1.82) is 0 Å². The van der Waals surface area contributed by atoms with E-state index in [9.17, 15) is 20.1 Å². The van der Waals surface area contributed by atoms with E-state index in [0.717, 1.165) is 0 Å². The molecule has 9 heteroatoms. The Labute approximate surface area is 109 Å². The first-order chi connectivity index (χ1) is 8.51. The molecule has 6 N–H and O–H groups in total. The van der Waals surface area contributed by atoms with Gasteiger partial charge in [-0.15, -0.1) is 11.6 Å². The summed E-state index contributed by atoms with van der Waals surface area (Å²) in [5, 5.41) is 42.3. The van der Waals surface area contributed by atoms with Crippen LogP contribution >= 0.6 is 11.6 Å². The fraction of sp³-hybridized carbons (Fsp3) is 0.889. The maximum absolute atomic E-state index is 11.3. The molecule has 8 nitrogen and oxygen atoms in total. The van der Waals surface area contributed by atoms with Gasteiger partial charge in [0.2, 0.25) is 0 Å². The lowest BCUT2D eigenvalue weighted by Crippen LogP contribution is -2.65. The van der Waals surface area contributed by atoms with E-state index in [1.165, 1.54) is 0 Å². The van der Waals surface area contributed by atoms with Gasteiger partial charge in [-0.2, -0.15) is 0 Å². The van der Waals surface area contributed by atoms with Crippen LogP contribution in [0.3, 0.4) is 0 Å². The van der Waals surface area contributed by atoms with Gasteiger partial charge in [-0.1, -0.05) is 0 Å². The van der Waals surface area contributed by atoms with Crippen molar-refractivity contribution in [2.24, 2.45) is 0 Å². The average molecular weight is 285 g/mol. The second-order valence-electron chi connectivity index (χ2n) is 3.84. The molecule has 0 aromatic carbocycles. The minimum atomic E-state index is -1.53. The molecular formula is C9H17ClN2O6. The van der Waals surface area contributed by atoms with Gasteiger partial charge in [0.1, 0.15) is 24.4 Å². The van der Waals surface area contributed by atoms with Crippen LogP contribution in [-0.2, 0) is 4.74 Å². The van der Waals surface area contributed by atoms with Gasteiger partial charge in [-0.05, 0) is 0 Å². The van der Waals surface area contributed by atoms with E-state index in [1.54, 1.807) is 0 Å². The zero-order chi connectivity index (χ0) is 13.7. The van der Waals surface area contributed by atoms with Gasteiger partial charge in [-0.25, -0.2) is 4.79 Å². The van der Waals surface area contributed by atoms with Crippen LogP contribution in [-0.4, -0.2) is 76.1 Å². The molecule has 2 amide bonds. The van der Waals surface area contributed by atoms with Crippen LogP contribution in [0.1, 0.15) is 0 Å². The van der Waals surface area contributed by atoms with Crippen LogP contribution in [0.25, 0.3) is 0 Å². The van der Waals surface area contributed by atoms with E-state index in [1.807, 2.05) is 0 Å². The third kappa shape index (κ3) is 3.67. The fourth-order valence-electron chi connectivity index (χ4n) is 1.62. The Morgan fingerprint density at radius 2 is 1.94 bits per heavy atom. The standard InChI is InChI=1S/C9H17ClN2O6/c10-1-2-11-9(17)12-5-7(15)6(14)4(3-13)18-8(5)16/h4-8,13-16H,1-3H2,(H2,11,12,17). The van der Waals surface area contributed by atoms with Crippen LogP contribution in [0.15, 0.2) is 0 Å². The monoisotopic (exact) mass is 284 g/mol. The highest BCUT2D eigenvalue weighted by Gasteiger charge is 2.44. The lowest BCUT2D eigenvalue weighted by atomic mass is 9.97. The van der Waals surface area contributed by atoms with Crippen molar-refractivity contribution in [2.45, 2.75) is 30.6 Å². The Balaban J connectivity index is 2.57. The molecule has 1 rings (SSSR count). The summed E-state index contributed by atoms with van der Waals surface area (Å²) in [6.07, 6.45) is -5.48. The number of rotatable bonds is 4. The minimum Gasteiger partial charge on any atom is -0.394 e. The Kier molecular flexibility index (Phi) is 6.06. The second kappa shape index (κ2) is 7.07. The molecule has 0 aromatic heterocycles. The molecule has 0 spiro atoms. The molecule has 0 aromatic rings. The van der Waals surface area contributed by atoms with Crippen LogP contribution in [0.5, 0.6) is 0 Å². The van der Waals surface area contributed by atoms with Gasteiger partial charge in [0, 0.05) is 12.4 Å². The summed E-state index contributed by atoms with van der Waals surface area (Å²) < 4.78 is 4.86. The van der Waals surface area contributed by atoms with Crippen molar-refractivity contribution in [2.75, 3.05) is 19.0 Å². The molecule has 1 fully saturated rings. The molecule has 1 saturated heterocycles. The number of nitrogens with one attached hydrogen (secondary N) is 2. The Morgan fingerprint density at radius 1 is 1.28 bits per heavy atom. The summed E-state index contributed by atoms with van der Waals surface area (Å²) in [5.74, 6) is 0.217. The van der Waals surface area contributed by atoms with Crippen LogP contribution < -0.4 is 10.6 Å². The summed E-state index contributed by atoms with van der Waals surface area (Å²) in [4.78, 5) is 11.3. The van der Waals surface area contributed by atoms with E-state index in [2.05, 4.69) is 10.6 Å². The smallest absolute Gasteiger partial charge is 0.315 e. The van der Waals surface area contributed by atoms with Crippen LogP contribution in [0.4, 0.5) is 4.79 Å². The molecule has 0 saturated carbocycles. The number of carbonyl (C=O) groups is 1. The first-order valence-electron chi connectivity index (χ1n) is 5.42. The molecule has 1 heterocycles. The molecule has 18 heavy (non-hydrogen) atoms. The number of hydrogen-bond donors (Lipinski definition) is 6. The first kappa shape index (κ1) is 15.4. The van der Waals surface area contributed by atoms with Crippen molar-refractivity contribution < 1.29 is 30.0 Å². The molecule has 0 aliphatic carbocycles. The zero-order valence-electron chi connectivity index (χ0n) is 9.49. The third-order valence-electron chi connectivity index (χ3n) is 2.58. The molecule has 106 valence electrons. The number of aliphatic hydroxyl groups excluding tert-OH is 4. The number of aliphatic hydroxyl groups is 4. The Morgan fingerprint density at radius 3 is 2.50 bits per heavy atom. The summed E-state index contributed by atoms with van der Waals surface area (Å²) in [6.45, 7) is -0.338. The summed E-state index contributed by atoms with van der Waals surface area (Å²) in [6, 6.07) is -1.85. The molecule has 0 bridgehead atoms. The summed E-state index contributed by atoms with van der Waals surface area (Å²) in [7, 11) is 0. The predicted octanol–water partition coefficient (Wildman–Crippen LogP) is -2.68. The normalized spacial score (nSPS) is 36.2. The maximum atomic E-state index is 11.3. The second-order valence-corrected chi connectivity index (χ2v) is 4.22. The maximum Gasteiger partial charge on any atom is 0.315 e. The number of amides is 2. The highest BCUT2D eigenvalue weighted by Crippen LogP contribution is 2.19. The highest BCUT2D eigenvalue weighted by atomic mass is 35.5. The lowest BCUT2D eigenvalue weighted by Gasteiger charge is -2.40. The van der Waals surface area contributed by atoms with Gasteiger partial charge in [0.15, 0.2) is 6.29 Å². The van der Waals surface area contributed by atoms with Crippen molar-refractivity contribution >= 4 is 17.6 Å². The highest BCUT2D eigenvalue weighted by molar-refractivity contribution is 6.18. The Hall–Kier alpha value is -0.640. The topological polar surface area (TPSA) is 131 Å². The largest absolute Gasteiger partial charge is 0.394 e. The quantitative estimate of drug-likeness (QED) is 0.312. The van der Waals surface area contributed by atoms with Crippen LogP contribution in [0, 0.1) is 0 Å². The SMILES string of the molecule is O=C(NCCCl)NC1C(O)OC(CO)C(O)C1O. The van der Waals surface area contributed by atoms with Gasteiger partial charge in [0.25, 0.3) is 0 Å². The minimum absolute atomic E-state index is 0.217. The molecule has 5 atom stereocenters. The molecular weight excluding hydrogens is 268 g/mol. The lowest BCUT2D eigenvalue weighted by molar-refractivity contribution is -0.252. The number of alkyl halides is 1. The van der Waals surface area contributed by atoms with E-state index >= 15 is 0 Å². The average Bonchev–Trinajstić information content (AvgIpc) is 2.36. The van der Waals surface area contributed by atoms with Gasteiger partial charge in [0.05, 0.1) is 6.61 Å². The fourth-order valence-corrected chi connectivity index (χ4v) is 1.71. The zero-order valence-corrected chi connectivity index (χ0v) is 10.2. The van der Waals surface area contributed by atoms with Crippen molar-refractivity contribution in [3.63, 3.8) is 0 Å². The number of ether oxygens (including phenoxy) is 1. The van der Waals surface area contributed by atoms with E-state index in [0.29, 0.717) is 0 Å². The van der Waals surface area contributed by atoms with Gasteiger partial charge < -0.3 is 35.8 Å². The molecule has 0 radical (unpaired) electrons. The Bertz CT molecular complexity index is 282. The summed E-state index contributed by atoms with van der Waals surface area (Å²) >= 11 is 5.37. The number of halogens is 1. The van der Waals surface area contributed by atoms with E-state index in [-0.39, 0.29) is 12.4 Å². The van der Waals surface area contributed by atoms with E-state index in [4.69, 9.17) is 21.4 Å². The van der Waals surface area contributed by atoms with Gasteiger partial charge >= 0.3 is 6.03 Å². The number of carbonyl (C=O) groups excluding carboxylic acids is 1. The van der Waals surface area contributed by atoms with Crippen molar-refractivity contribution in [3.05, 3.63) is 0 Å². The number of hydrogen-bond acceptors (Lipinski definition) is 6. The third-order valence-corrected chi connectivity index (χ3v) is 2.77. The molecule has 5 unspecified atom stereocenters.